The van der Waals surface area contributed by atoms with Crippen LogP contribution in [0.4, 0.5) is 0 Å². The van der Waals surface area contributed by atoms with E-state index >= 15 is 0 Å². The quantitative estimate of drug-likeness (QED) is 0.935. The molecular weight excluding hydrogens is 306 g/mol. The molecule has 1 aromatic carbocycles. The van der Waals surface area contributed by atoms with Crippen LogP contribution in [0.3, 0.4) is 0 Å². The molecule has 2 heterocycles. The first-order chi connectivity index (χ1) is 10.8. The van der Waals surface area contributed by atoms with Gasteiger partial charge >= 0.3 is 0 Å². The highest BCUT2D eigenvalue weighted by molar-refractivity contribution is 6.32. The average Bonchev–Trinajstić information content (AvgIpc) is 3.08. The van der Waals surface area contributed by atoms with E-state index in [4.69, 9.17) is 21.1 Å². The van der Waals surface area contributed by atoms with Crippen molar-refractivity contribution in [3.05, 3.63) is 47.2 Å². The minimum absolute atomic E-state index is 0.0611. The van der Waals surface area contributed by atoms with Gasteiger partial charge in [0.25, 0.3) is 5.91 Å². The molecule has 7 heteroatoms. The molecule has 1 aliphatic heterocycles. The molecule has 0 bridgehead atoms. The summed E-state index contributed by atoms with van der Waals surface area (Å²) in [5, 5.41) is 7.31. The van der Waals surface area contributed by atoms with Gasteiger partial charge in [-0.2, -0.15) is 5.10 Å². The van der Waals surface area contributed by atoms with E-state index in [0.717, 1.165) is 5.69 Å². The van der Waals surface area contributed by atoms with Crippen molar-refractivity contribution in [1.29, 1.82) is 0 Å². The molecule has 0 radical (unpaired) electrons. The normalized spacial score (nSPS) is 18.2. The van der Waals surface area contributed by atoms with Crippen LogP contribution in [0, 0.1) is 0 Å². The molecule has 1 aromatic heterocycles. The largest absolute Gasteiger partial charge is 0.482 e. The summed E-state index contributed by atoms with van der Waals surface area (Å²) in [7, 11) is 0. The SMILES string of the molecule is O=C(COc1ccccc1Cl)N1CCOCC1c1ccn[nH]1. The molecule has 0 aliphatic carbocycles. The van der Waals surface area contributed by atoms with Crippen molar-refractivity contribution in [3.8, 4) is 5.75 Å². The third-order valence-corrected chi connectivity index (χ3v) is 3.83. The number of halogens is 1. The monoisotopic (exact) mass is 321 g/mol. The molecule has 0 saturated carbocycles. The molecule has 1 N–H and O–H groups in total. The lowest BCUT2D eigenvalue weighted by molar-refractivity contribution is -0.142. The highest BCUT2D eigenvalue weighted by atomic mass is 35.5. The number of hydrogen-bond donors (Lipinski definition) is 1. The molecule has 116 valence electrons. The number of aromatic nitrogens is 2. The van der Waals surface area contributed by atoms with E-state index in [9.17, 15) is 4.79 Å². The molecule has 1 aliphatic rings. The lowest BCUT2D eigenvalue weighted by Crippen LogP contribution is -2.45. The van der Waals surface area contributed by atoms with Crippen LogP contribution in [-0.4, -0.2) is 47.4 Å². The fraction of sp³-hybridized carbons (Fsp3) is 0.333. The van der Waals surface area contributed by atoms with E-state index in [0.29, 0.717) is 30.5 Å². The topological polar surface area (TPSA) is 67.4 Å². The summed E-state index contributed by atoms with van der Waals surface area (Å²) in [6.07, 6.45) is 1.66. The Labute approximate surface area is 133 Å². The fourth-order valence-corrected chi connectivity index (χ4v) is 2.59. The average molecular weight is 322 g/mol. The zero-order valence-corrected chi connectivity index (χ0v) is 12.6. The van der Waals surface area contributed by atoms with Crippen LogP contribution in [0.2, 0.25) is 5.02 Å². The molecule has 1 atom stereocenters. The van der Waals surface area contributed by atoms with Crippen molar-refractivity contribution in [1.82, 2.24) is 15.1 Å². The zero-order chi connectivity index (χ0) is 15.4. The van der Waals surface area contributed by atoms with Crippen LogP contribution in [-0.2, 0) is 9.53 Å². The van der Waals surface area contributed by atoms with Gasteiger partial charge in [-0.05, 0) is 18.2 Å². The van der Waals surface area contributed by atoms with Gasteiger partial charge in [-0.1, -0.05) is 23.7 Å². The Kier molecular flexibility index (Phi) is 4.60. The van der Waals surface area contributed by atoms with Gasteiger partial charge in [0.15, 0.2) is 6.61 Å². The van der Waals surface area contributed by atoms with E-state index in [2.05, 4.69) is 10.2 Å². The number of hydrogen-bond acceptors (Lipinski definition) is 4. The Morgan fingerprint density at radius 2 is 2.32 bits per heavy atom. The molecular formula is C15H16ClN3O3. The van der Waals surface area contributed by atoms with E-state index < -0.39 is 0 Å². The molecule has 3 rings (SSSR count). The van der Waals surface area contributed by atoms with Crippen LogP contribution in [0.25, 0.3) is 0 Å². The first kappa shape index (κ1) is 14.9. The van der Waals surface area contributed by atoms with Gasteiger partial charge < -0.3 is 14.4 Å². The first-order valence-corrected chi connectivity index (χ1v) is 7.37. The predicted octanol–water partition coefficient (Wildman–Crippen LogP) is 2.04. The van der Waals surface area contributed by atoms with Gasteiger partial charge in [0.05, 0.1) is 30.0 Å². The number of morpholine rings is 1. The second-order valence-corrected chi connectivity index (χ2v) is 5.32. The summed E-state index contributed by atoms with van der Waals surface area (Å²) >= 11 is 6.02. The number of nitrogens with zero attached hydrogens (tertiary/aromatic N) is 2. The molecule has 22 heavy (non-hydrogen) atoms. The van der Waals surface area contributed by atoms with Gasteiger partial charge in [-0.25, -0.2) is 0 Å². The molecule has 1 amide bonds. The van der Waals surface area contributed by atoms with Crippen LogP contribution in [0.5, 0.6) is 5.75 Å². The Morgan fingerprint density at radius 1 is 1.45 bits per heavy atom. The summed E-state index contributed by atoms with van der Waals surface area (Å²) in [4.78, 5) is 14.2. The van der Waals surface area contributed by atoms with Gasteiger partial charge in [-0.15, -0.1) is 0 Å². The summed E-state index contributed by atoms with van der Waals surface area (Å²) < 4.78 is 11.0. The molecule has 1 saturated heterocycles. The lowest BCUT2D eigenvalue weighted by Gasteiger charge is -2.34. The zero-order valence-electron chi connectivity index (χ0n) is 11.9. The highest BCUT2D eigenvalue weighted by Gasteiger charge is 2.29. The minimum atomic E-state index is -0.168. The standard InChI is InChI=1S/C15H16ClN3O3/c16-11-3-1-2-4-14(11)22-10-15(20)19-7-8-21-9-13(19)12-5-6-17-18-12/h1-6,13H,7-10H2,(H,17,18). The van der Waals surface area contributed by atoms with Crippen LogP contribution in [0.15, 0.2) is 36.5 Å². The summed E-state index contributed by atoms with van der Waals surface area (Å²) in [5.74, 6) is 0.395. The van der Waals surface area contributed by atoms with Crippen LogP contribution >= 0.6 is 11.6 Å². The van der Waals surface area contributed by atoms with Crippen molar-refractivity contribution in [2.24, 2.45) is 0 Å². The summed E-state index contributed by atoms with van der Waals surface area (Å²) in [6, 6.07) is 8.76. The van der Waals surface area contributed by atoms with Crippen molar-refractivity contribution in [2.45, 2.75) is 6.04 Å². The smallest absolute Gasteiger partial charge is 0.261 e. The van der Waals surface area contributed by atoms with Crippen LogP contribution < -0.4 is 4.74 Å². The van der Waals surface area contributed by atoms with Crippen molar-refractivity contribution in [3.63, 3.8) is 0 Å². The number of amides is 1. The number of ether oxygens (including phenoxy) is 2. The maximum atomic E-state index is 12.5. The number of para-hydroxylation sites is 1. The van der Waals surface area contributed by atoms with Crippen molar-refractivity contribution >= 4 is 17.5 Å². The number of H-pyrrole nitrogens is 1. The Morgan fingerprint density at radius 3 is 3.09 bits per heavy atom. The van der Waals surface area contributed by atoms with E-state index in [-0.39, 0.29) is 18.6 Å². The maximum Gasteiger partial charge on any atom is 0.261 e. The molecule has 2 aromatic rings. The molecule has 0 spiro atoms. The lowest BCUT2D eigenvalue weighted by atomic mass is 10.1. The van der Waals surface area contributed by atoms with Crippen LogP contribution in [0.1, 0.15) is 11.7 Å². The second-order valence-electron chi connectivity index (χ2n) is 4.91. The van der Waals surface area contributed by atoms with Gasteiger partial charge in [0, 0.05) is 12.7 Å². The summed E-state index contributed by atoms with van der Waals surface area (Å²) in [6.45, 7) is 1.42. The molecule has 1 fully saturated rings. The number of carbonyl (C=O) groups excluding carboxylic acids is 1. The highest BCUT2D eigenvalue weighted by Crippen LogP contribution is 2.25. The van der Waals surface area contributed by atoms with Crippen molar-refractivity contribution in [2.75, 3.05) is 26.4 Å². The third kappa shape index (κ3) is 3.23. The third-order valence-electron chi connectivity index (χ3n) is 3.52. The summed E-state index contributed by atoms with van der Waals surface area (Å²) in [5.41, 5.74) is 0.853. The van der Waals surface area contributed by atoms with Crippen molar-refractivity contribution < 1.29 is 14.3 Å². The van der Waals surface area contributed by atoms with E-state index in [1.807, 2.05) is 18.2 Å². The Balaban J connectivity index is 1.66. The number of aromatic amines is 1. The number of rotatable bonds is 4. The second kappa shape index (κ2) is 6.81. The Hall–Kier alpha value is -2.05. The first-order valence-electron chi connectivity index (χ1n) is 6.99. The maximum absolute atomic E-state index is 12.5. The van der Waals surface area contributed by atoms with E-state index in [1.54, 1.807) is 23.2 Å². The predicted molar refractivity (Wildman–Crippen MR) is 80.8 cm³/mol. The van der Waals surface area contributed by atoms with E-state index in [1.165, 1.54) is 0 Å². The van der Waals surface area contributed by atoms with Gasteiger partial charge in [-0.3, -0.25) is 9.89 Å². The number of carbonyl (C=O) groups is 1. The van der Waals surface area contributed by atoms with Gasteiger partial charge in [0.1, 0.15) is 5.75 Å². The molecule has 1 unspecified atom stereocenters. The number of nitrogens with one attached hydrogen (secondary N) is 1. The molecule has 6 nitrogen and oxygen atoms in total. The fourth-order valence-electron chi connectivity index (χ4n) is 2.40. The number of benzene rings is 1. The minimum Gasteiger partial charge on any atom is -0.482 e. The van der Waals surface area contributed by atoms with Gasteiger partial charge in [0.2, 0.25) is 0 Å². The Bertz CT molecular complexity index is 633.